The second kappa shape index (κ2) is 12.5. The van der Waals surface area contributed by atoms with Gasteiger partial charge >= 0.3 is 0 Å². The molecule has 0 saturated heterocycles. The van der Waals surface area contributed by atoms with Gasteiger partial charge in [-0.05, 0) is 152 Å². The predicted molar refractivity (Wildman–Crippen MR) is 238 cm³/mol. The van der Waals surface area contributed by atoms with Crippen LogP contribution in [0.5, 0.6) is 0 Å². The molecule has 0 N–H and O–H groups in total. The molecule has 0 radical (unpaired) electrons. The van der Waals surface area contributed by atoms with Crippen molar-refractivity contribution in [2.45, 2.75) is 6.92 Å². The van der Waals surface area contributed by atoms with Crippen LogP contribution in [0.4, 0.5) is 0 Å². The molecule has 0 atom stereocenters. The summed E-state index contributed by atoms with van der Waals surface area (Å²) >= 11 is 0. The number of benzene rings is 11. The molecule has 0 fully saturated rings. The second-order valence-electron chi connectivity index (χ2n) is 14.9. The summed E-state index contributed by atoms with van der Waals surface area (Å²) in [5, 5.41) is 15.3. The van der Waals surface area contributed by atoms with Gasteiger partial charge in [-0.25, -0.2) is 0 Å². The van der Waals surface area contributed by atoms with Gasteiger partial charge in [0, 0.05) is 0 Å². The van der Waals surface area contributed by atoms with Crippen molar-refractivity contribution in [3.63, 3.8) is 0 Å². The summed E-state index contributed by atoms with van der Waals surface area (Å²) in [7, 11) is 0. The first-order valence-corrected chi connectivity index (χ1v) is 19.2. The average molecular weight is 697 g/mol. The van der Waals surface area contributed by atoms with Crippen LogP contribution in [-0.2, 0) is 0 Å². The van der Waals surface area contributed by atoms with Crippen molar-refractivity contribution in [3.8, 4) is 44.5 Å². The highest BCUT2D eigenvalue weighted by atomic mass is 14.2. The van der Waals surface area contributed by atoms with Crippen molar-refractivity contribution < 1.29 is 0 Å². The Morgan fingerprint density at radius 3 is 1.20 bits per heavy atom. The Hall–Kier alpha value is -7.02. The fourth-order valence-corrected chi connectivity index (χ4v) is 9.05. The average Bonchev–Trinajstić information content (AvgIpc) is 3.25. The summed E-state index contributed by atoms with van der Waals surface area (Å²) in [5.74, 6) is 0. The van der Waals surface area contributed by atoms with E-state index in [0.717, 1.165) is 0 Å². The maximum atomic E-state index is 2.39. The molecule has 0 aliphatic carbocycles. The molecule has 0 nitrogen and oxygen atoms in total. The second-order valence-corrected chi connectivity index (χ2v) is 14.9. The molecule has 256 valence electrons. The minimum absolute atomic E-state index is 1.23. The van der Waals surface area contributed by atoms with Crippen LogP contribution in [0.3, 0.4) is 0 Å². The molecular weight excluding hydrogens is 661 g/mol. The number of fused-ring (bicyclic) bond motifs is 7. The Morgan fingerprint density at radius 2 is 0.636 bits per heavy atom. The standard InChI is InChI=1S/C55H36/c1-35-12-11-21-46-45-15-5-6-16-47(45)53(34-52(35)46)42-27-24-41-33-44(29-26-39(41)31-42)55-50-19-9-7-17-48(50)54(49-18-8-10-20-51(49)55)43-28-25-38-30-37(22-23-40(38)32-43)36-13-3-2-4-14-36/h2-34H,1H3. The molecule has 0 aromatic heterocycles. The normalized spacial score (nSPS) is 11.7. The molecule has 0 heterocycles. The maximum absolute atomic E-state index is 2.39. The van der Waals surface area contributed by atoms with E-state index in [1.54, 1.807) is 0 Å². The van der Waals surface area contributed by atoms with Crippen molar-refractivity contribution in [1.82, 2.24) is 0 Å². The first-order valence-electron chi connectivity index (χ1n) is 19.2. The molecule has 0 aliphatic heterocycles. The topological polar surface area (TPSA) is 0 Å². The third-order valence-electron chi connectivity index (χ3n) is 11.7. The van der Waals surface area contributed by atoms with E-state index >= 15 is 0 Å². The Bertz CT molecular complexity index is 3260. The number of hydrogen-bond acceptors (Lipinski definition) is 0. The minimum Gasteiger partial charge on any atom is -0.0622 e. The highest BCUT2D eigenvalue weighted by molar-refractivity contribution is 6.22. The third kappa shape index (κ3) is 5.14. The summed E-state index contributed by atoms with van der Waals surface area (Å²) in [6, 6.07) is 74.2. The third-order valence-corrected chi connectivity index (χ3v) is 11.7. The minimum atomic E-state index is 1.23. The van der Waals surface area contributed by atoms with E-state index in [2.05, 4.69) is 207 Å². The lowest BCUT2D eigenvalue weighted by molar-refractivity contribution is 1.54. The van der Waals surface area contributed by atoms with Crippen LogP contribution >= 0.6 is 0 Å². The zero-order chi connectivity index (χ0) is 36.5. The van der Waals surface area contributed by atoms with Gasteiger partial charge in [-0.3, -0.25) is 0 Å². The molecule has 11 aromatic carbocycles. The first kappa shape index (κ1) is 31.5. The highest BCUT2D eigenvalue weighted by Crippen LogP contribution is 2.45. The SMILES string of the molecule is Cc1cccc2c1cc(-c1ccc3cc(-c4c5ccccc5c(-c5ccc6cc(-c7ccccc7)ccc6c5)c5ccccc45)ccc3c1)c1ccccc12. The quantitative estimate of drug-likeness (QED) is 0.127. The van der Waals surface area contributed by atoms with Gasteiger partial charge in [-0.1, -0.05) is 170 Å². The van der Waals surface area contributed by atoms with E-state index in [1.165, 1.54) is 115 Å². The predicted octanol–water partition coefficient (Wildman–Crippen LogP) is 15.6. The molecule has 0 bridgehead atoms. The number of rotatable bonds is 4. The zero-order valence-corrected chi connectivity index (χ0v) is 30.6. The monoisotopic (exact) mass is 696 g/mol. The Balaban J connectivity index is 1.06. The fraction of sp³-hybridized carbons (Fsp3) is 0.0182. The summed E-state index contributed by atoms with van der Waals surface area (Å²) in [6.07, 6.45) is 0. The van der Waals surface area contributed by atoms with Crippen LogP contribution in [0.25, 0.3) is 109 Å². The smallest absolute Gasteiger partial charge is 0.00262 e. The highest BCUT2D eigenvalue weighted by Gasteiger charge is 2.18. The van der Waals surface area contributed by atoms with E-state index in [0.29, 0.717) is 0 Å². The van der Waals surface area contributed by atoms with Gasteiger partial charge < -0.3 is 0 Å². The molecule has 0 spiro atoms. The maximum Gasteiger partial charge on any atom is -0.00262 e. The molecule has 55 heavy (non-hydrogen) atoms. The summed E-state index contributed by atoms with van der Waals surface area (Å²) in [4.78, 5) is 0. The molecule has 0 amide bonds. The fourth-order valence-electron chi connectivity index (χ4n) is 9.05. The van der Waals surface area contributed by atoms with Crippen LogP contribution in [0.15, 0.2) is 200 Å². The summed E-state index contributed by atoms with van der Waals surface area (Å²) in [6.45, 7) is 2.21. The van der Waals surface area contributed by atoms with Crippen molar-refractivity contribution in [3.05, 3.63) is 206 Å². The number of hydrogen-bond donors (Lipinski definition) is 0. The lowest BCUT2D eigenvalue weighted by Crippen LogP contribution is -1.91. The van der Waals surface area contributed by atoms with Crippen molar-refractivity contribution in [1.29, 1.82) is 0 Å². The van der Waals surface area contributed by atoms with E-state index in [4.69, 9.17) is 0 Å². The lowest BCUT2D eigenvalue weighted by atomic mass is 9.85. The molecule has 0 saturated carbocycles. The van der Waals surface area contributed by atoms with Gasteiger partial charge in [0.2, 0.25) is 0 Å². The molecule has 0 aliphatic rings. The van der Waals surface area contributed by atoms with E-state index < -0.39 is 0 Å². The van der Waals surface area contributed by atoms with Gasteiger partial charge in [0.15, 0.2) is 0 Å². The summed E-state index contributed by atoms with van der Waals surface area (Å²) in [5.41, 5.74) is 11.3. The lowest BCUT2D eigenvalue weighted by Gasteiger charge is -2.18. The Labute approximate surface area is 320 Å². The van der Waals surface area contributed by atoms with Gasteiger partial charge in [0.05, 0.1) is 0 Å². The molecule has 11 aromatic rings. The van der Waals surface area contributed by atoms with Crippen molar-refractivity contribution >= 4 is 64.6 Å². The number of aryl methyl sites for hydroxylation is 1. The van der Waals surface area contributed by atoms with E-state index in [1.807, 2.05) is 0 Å². The Morgan fingerprint density at radius 1 is 0.236 bits per heavy atom. The van der Waals surface area contributed by atoms with E-state index in [9.17, 15) is 0 Å². The molecule has 0 unspecified atom stereocenters. The molecule has 0 heteroatoms. The molecular formula is C55H36. The Kier molecular flexibility index (Phi) is 7.19. The van der Waals surface area contributed by atoms with Crippen LogP contribution in [-0.4, -0.2) is 0 Å². The largest absolute Gasteiger partial charge is 0.0622 e. The van der Waals surface area contributed by atoms with Gasteiger partial charge in [0.25, 0.3) is 0 Å². The van der Waals surface area contributed by atoms with Gasteiger partial charge in [-0.2, -0.15) is 0 Å². The van der Waals surface area contributed by atoms with Crippen LogP contribution < -0.4 is 0 Å². The van der Waals surface area contributed by atoms with Crippen LogP contribution in [0.1, 0.15) is 5.56 Å². The molecule has 11 rings (SSSR count). The van der Waals surface area contributed by atoms with Crippen LogP contribution in [0.2, 0.25) is 0 Å². The van der Waals surface area contributed by atoms with E-state index in [-0.39, 0.29) is 0 Å². The van der Waals surface area contributed by atoms with Crippen LogP contribution in [0, 0.1) is 6.92 Å². The van der Waals surface area contributed by atoms with Crippen molar-refractivity contribution in [2.75, 3.05) is 0 Å². The van der Waals surface area contributed by atoms with Gasteiger partial charge in [0.1, 0.15) is 0 Å². The zero-order valence-electron chi connectivity index (χ0n) is 30.6. The summed E-state index contributed by atoms with van der Waals surface area (Å²) < 4.78 is 0. The van der Waals surface area contributed by atoms with Crippen molar-refractivity contribution in [2.24, 2.45) is 0 Å². The first-order chi connectivity index (χ1) is 27.2. The van der Waals surface area contributed by atoms with Gasteiger partial charge in [-0.15, -0.1) is 0 Å².